The second-order valence-corrected chi connectivity index (χ2v) is 8.76. The number of nitrogens with zero attached hydrogens (tertiary/aromatic N) is 1. The highest BCUT2D eigenvalue weighted by Gasteiger charge is 2.35. The summed E-state index contributed by atoms with van der Waals surface area (Å²) < 4.78 is 5.73. The van der Waals surface area contributed by atoms with Gasteiger partial charge in [-0.25, -0.2) is 0 Å². The lowest BCUT2D eigenvalue weighted by molar-refractivity contribution is -0.123. The van der Waals surface area contributed by atoms with Gasteiger partial charge in [-0.1, -0.05) is 24.3 Å². The van der Waals surface area contributed by atoms with Crippen LogP contribution in [0.5, 0.6) is 5.75 Å². The largest absolute Gasteiger partial charge is 0.492 e. The summed E-state index contributed by atoms with van der Waals surface area (Å²) in [6.45, 7) is 6.06. The lowest BCUT2D eigenvalue weighted by atomic mass is 9.95. The summed E-state index contributed by atoms with van der Waals surface area (Å²) in [7, 11) is 0. The molecule has 0 saturated carbocycles. The predicted molar refractivity (Wildman–Crippen MR) is 120 cm³/mol. The molecule has 2 aromatic rings. The monoisotopic (exact) mass is 432 g/mol. The van der Waals surface area contributed by atoms with Crippen LogP contribution in [0.25, 0.3) is 0 Å². The lowest BCUT2D eigenvalue weighted by Crippen LogP contribution is -2.32. The first-order chi connectivity index (χ1) is 13.9. The lowest BCUT2D eigenvalue weighted by Gasteiger charge is -2.26. The average Bonchev–Trinajstić information content (AvgIpc) is 3.10. The maximum Gasteiger partial charge on any atom is 0.238 e. The van der Waals surface area contributed by atoms with Crippen LogP contribution in [0.15, 0.2) is 48.5 Å². The fourth-order valence-corrected chi connectivity index (χ4v) is 4.25. The summed E-state index contributed by atoms with van der Waals surface area (Å²) in [5.74, 6) is 1.27. The Labute approximate surface area is 180 Å². The molecule has 154 valence electrons. The Bertz CT molecular complexity index is 886. The summed E-state index contributed by atoms with van der Waals surface area (Å²) in [6.07, 6.45) is 0. The number of ether oxygens (including phenoxy) is 1. The minimum Gasteiger partial charge on any atom is -0.492 e. The Morgan fingerprint density at radius 1 is 1.24 bits per heavy atom. The maximum absolute atomic E-state index is 12.7. The molecular formula is C22H25ClN2O3S. The van der Waals surface area contributed by atoms with Gasteiger partial charge in [0.2, 0.25) is 11.8 Å². The van der Waals surface area contributed by atoms with Gasteiger partial charge in [0.15, 0.2) is 0 Å². The third-order valence-corrected chi connectivity index (χ3v) is 6.58. The van der Waals surface area contributed by atoms with Crippen molar-refractivity contribution in [1.82, 2.24) is 0 Å². The molecule has 1 heterocycles. The van der Waals surface area contributed by atoms with Gasteiger partial charge in [0.05, 0.1) is 23.5 Å². The number of alkyl halides is 1. The number of hydrogen-bond acceptors (Lipinski definition) is 4. The maximum atomic E-state index is 12.7. The fourth-order valence-electron chi connectivity index (χ4n) is 2.96. The fraction of sp³-hybridized carbons (Fsp3) is 0.364. The van der Waals surface area contributed by atoms with Crippen LogP contribution in [0.4, 0.5) is 11.4 Å². The van der Waals surface area contributed by atoms with Crippen LogP contribution >= 0.6 is 23.4 Å². The van der Waals surface area contributed by atoms with E-state index in [1.807, 2.05) is 55.5 Å². The minimum absolute atomic E-state index is 0.0494. The number of amides is 2. The van der Waals surface area contributed by atoms with E-state index in [1.54, 1.807) is 30.5 Å². The van der Waals surface area contributed by atoms with E-state index in [-0.39, 0.29) is 23.1 Å². The molecule has 0 radical (unpaired) electrons. The Morgan fingerprint density at radius 2 is 1.93 bits per heavy atom. The predicted octanol–water partition coefficient (Wildman–Crippen LogP) is 5.07. The third kappa shape index (κ3) is 4.70. The molecule has 0 spiro atoms. The zero-order valence-corrected chi connectivity index (χ0v) is 18.3. The standard InChI is InChI=1S/C22H25ClN2O3S/c1-4-28-18-8-6-5-7-17(18)25-19(26)13-29-20(25)15-9-11-16(12-10-15)24-21(27)22(2,3)14-23/h5-12,20H,4,13-14H2,1-3H3,(H,24,27)/t20-/m1/s1. The van der Waals surface area contributed by atoms with Crippen molar-refractivity contribution in [2.45, 2.75) is 26.1 Å². The van der Waals surface area contributed by atoms with Crippen LogP contribution in [0.3, 0.4) is 0 Å². The minimum atomic E-state index is -0.645. The topological polar surface area (TPSA) is 58.6 Å². The molecule has 1 N–H and O–H groups in total. The Morgan fingerprint density at radius 3 is 2.59 bits per heavy atom. The Kier molecular flexibility index (Phi) is 6.75. The van der Waals surface area contributed by atoms with Gasteiger partial charge in [0.1, 0.15) is 11.1 Å². The van der Waals surface area contributed by atoms with E-state index < -0.39 is 5.41 Å². The van der Waals surface area contributed by atoms with Crippen LogP contribution in [0, 0.1) is 5.41 Å². The number of carbonyl (C=O) groups excluding carboxylic acids is 2. The van der Waals surface area contributed by atoms with E-state index in [0.717, 1.165) is 11.3 Å². The van der Waals surface area contributed by atoms with Gasteiger partial charge in [0.25, 0.3) is 0 Å². The molecule has 0 bridgehead atoms. The molecule has 1 aliphatic heterocycles. The SMILES string of the molecule is CCOc1ccccc1N1C(=O)CS[C@@H]1c1ccc(NC(=O)C(C)(C)CCl)cc1. The molecule has 0 aromatic heterocycles. The number of rotatable bonds is 7. The van der Waals surface area contributed by atoms with Crippen molar-refractivity contribution in [2.24, 2.45) is 5.41 Å². The first-order valence-corrected chi connectivity index (χ1v) is 11.1. The van der Waals surface area contributed by atoms with Crippen molar-refractivity contribution >= 4 is 46.6 Å². The highest BCUT2D eigenvalue weighted by Crippen LogP contribution is 2.44. The molecule has 1 atom stereocenters. The second kappa shape index (κ2) is 9.09. The van der Waals surface area contributed by atoms with E-state index in [2.05, 4.69) is 5.32 Å². The number of halogens is 1. The summed E-state index contributed by atoms with van der Waals surface area (Å²) in [5.41, 5.74) is 1.82. The summed E-state index contributed by atoms with van der Waals surface area (Å²) in [4.78, 5) is 26.8. The van der Waals surface area contributed by atoms with Gasteiger partial charge in [-0.15, -0.1) is 23.4 Å². The number of anilines is 2. The van der Waals surface area contributed by atoms with Gasteiger partial charge in [-0.3, -0.25) is 14.5 Å². The number of thioether (sulfide) groups is 1. The van der Waals surface area contributed by atoms with Crippen molar-refractivity contribution in [1.29, 1.82) is 0 Å². The average molecular weight is 433 g/mol. The van der Waals surface area contributed by atoms with Crippen molar-refractivity contribution in [3.63, 3.8) is 0 Å². The van der Waals surface area contributed by atoms with Crippen LogP contribution < -0.4 is 15.0 Å². The Balaban J connectivity index is 1.83. The van der Waals surface area contributed by atoms with Crippen molar-refractivity contribution in [3.8, 4) is 5.75 Å². The number of nitrogens with one attached hydrogen (secondary N) is 1. The zero-order chi connectivity index (χ0) is 21.0. The first kappa shape index (κ1) is 21.5. The van der Waals surface area contributed by atoms with Gasteiger partial charge < -0.3 is 10.1 Å². The van der Waals surface area contributed by atoms with Crippen LogP contribution in [0.2, 0.25) is 0 Å². The van der Waals surface area contributed by atoms with Crippen LogP contribution in [-0.2, 0) is 9.59 Å². The van der Waals surface area contributed by atoms with Gasteiger partial charge in [-0.05, 0) is 50.6 Å². The second-order valence-electron chi connectivity index (χ2n) is 7.42. The summed E-state index contributed by atoms with van der Waals surface area (Å²) in [6, 6.07) is 15.2. The molecule has 3 rings (SSSR count). The first-order valence-electron chi connectivity index (χ1n) is 9.50. The highest BCUT2D eigenvalue weighted by molar-refractivity contribution is 8.00. The van der Waals surface area contributed by atoms with E-state index in [0.29, 0.717) is 23.8 Å². The highest BCUT2D eigenvalue weighted by atomic mass is 35.5. The molecule has 2 amide bonds. The molecular weight excluding hydrogens is 408 g/mol. The van der Waals surface area contributed by atoms with Crippen LogP contribution in [0.1, 0.15) is 31.7 Å². The molecule has 7 heteroatoms. The Hall–Kier alpha value is -2.18. The van der Waals surface area contributed by atoms with Crippen LogP contribution in [-0.4, -0.2) is 30.1 Å². The van der Waals surface area contributed by atoms with E-state index in [1.165, 1.54) is 0 Å². The molecule has 29 heavy (non-hydrogen) atoms. The summed E-state index contributed by atoms with van der Waals surface area (Å²) >= 11 is 7.45. The molecule has 1 saturated heterocycles. The van der Waals surface area contributed by atoms with Crippen molar-refractivity contribution in [2.75, 3.05) is 28.5 Å². The van der Waals surface area contributed by atoms with Crippen molar-refractivity contribution in [3.05, 3.63) is 54.1 Å². The third-order valence-electron chi connectivity index (χ3n) is 4.69. The normalized spacial score (nSPS) is 16.8. The molecule has 0 unspecified atom stereocenters. The molecule has 1 aliphatic rings. The number of benzene rings is 2. The van der Waals surface area contributed by atoms with Gasteiger partial charge >= 0.3 is 0 Å². The molecule has 5 nitrogen and oxygen atoms in total. The van der Waals surface area contributed by atoms with E-state index in [4.69, 9.17) is 16.3 Å². The molecule has 0 aliphatic carbocycles. The van der Waals surface area contributed by atoms with Crippen molar-refractivity contribution < 1.29 is 14.3 Å². The quantitative estimate of drug-likeness (QED) is 0.620. The smallest absolute Gasteiger partial charge is 0.238 e. The zero-order valence-electron chi connectivity index (χ0n) is 16.8. The summed E-state index contributed by atoms with van der Waals surface area (Å²) in [5, 5.41) is 2.75. The van der Waals surface area contributed by atoms with Gasteiger partial charge in [0, 0.05) is 11.6 Å². The number of hydrogen-bond donors (Lipinski definition) is 1. The number of para-hydroxylation sites is 2. The van der Waals surface area contributed by atoms with Gasteiger partial charge in [-0.2, -0.15) is 0 Å². The number of carbonyl (C=O) groups is 2. The molecule has 2 aromatic carbocycles. The molecule has 1 fully saturated rings. The van der Waals surface area contributed by atoms with E-state index in [9.17, 15) is 9.59 Å². The van der Waals surface area contributed by atoms with E-state index >= 15 is 0 Å².